The topological polar surface area (TPSA) is 63.1 Å². The van der Waals surface area contributed by atoms with Gasteiger partial charge >= 0.3 is 5.97 Å². The molecule has 0 radical (unpaired) electrons. The van der Waals surface area contributed by atoms with Crippen LogP contribution in [0.3, 0.4) is 0 Å². The summed E-state index contributed by atoms with van der Waals surface area (Å²) in [5.41, 5.74) is 1.24. The molecule has 0 amide bonds. The predicted molar refractivity (Wildman–Crippen MR) is 69.3 cm³/mol. The first-order valence-electron chi connectivity index (χ1n) is 5.51. The van der Waals surface area contributed by atoms with E-state index in [4.69, 9.17) is 11.6 Å². The summed E-state index contributed by atoms with van der Waals surface area (Å²) < 4.78 is 0. The van der Waals surface area contributed by atoms with Gasteiger partial charge in [0.05, 0.1) is 10.7 Å². The minimum atomic E-state index is -0.923. The summed E-state index contributed by atoms with van der Waals surface area (Å²) in [6.07, 6.45) is 3.65. The molecule has 0 aromatic carbocycles. The Morgan fingerprint density at radius 3 is 2.89 bits per heavy atom. The van der Waals surface area contributed by atoms with Crippen LogP contribution < -0.4 is 0 Å². The second-order valence-corrected chi connectivity index (χ2v) is 5.55. The van der Waals surface area contributed by atoms with Crippen LogP contribution in [0.1, 0.15) is 34.1 Å². The number of nitrogens with zero attached hydrogens (tertiary/aromatic N) is 2. The van der Waals surface area contributed by atoms with E-state index in [1.54, 1.807) is 18.3 Å². The molecule has 1 aliphatic carbocycles. The maximum absolute atomic E-state index is 11.2. The molecule has 1 aliphatic rings. The number of hydrogen-bond donors (Lipinski definition) is 1. The van der Waals surface area contributed by atoms with Crippen LogP contribution in [-0.2, 0) is 0 Å². The maximum atomic E-state index is 11.2. The minimum Gasteiger partial charge on any atom is -0.477 e. The van der Waals surface area contributed by atoms with Crippen molar-refractivity contribution < 1.29 is 9.90 Å². The summed E-state index contributed by atoms with van der Waals surface area (Å²) in [7, 11) is 0. The zero-order valence-corrected chi connectivity index (χ0v) is 10.8. The van der Waals surface area contributed by atoms with Crippen molar-refractivity contribution in [2.75, 3.05) is 0 Å². The molecule has 1 fully saturated rings. The number of hydrogen-bond acceptors (Lipinski definition) is 4. The summed E-state index contributed by atoms with van der Waals surface area (Å²) >= 11 is 7.20. The molecule has 18 heavy (non-hydrogen) atoms. The third-order valence-corrected chi connectivity index (χ3v) is 4.14. The molecule has 92 valence electrons. The van der Waals surface area contributed by atoms with Gasteiger partial charge in [-0.05, 0) is 25.0 Å². The third-order valence-electron chi connectivity index (χ3n) is 2.77. The molecule has 0 spiro atoms. The molecule has 1 N–H and O–H groups in total. The van der Waals surface area contributed by atoms with Crippen molar-refractivity contribution in [3.05, 3.63) is 33.9 Å². The molecule has 0 atom stereocenters. The number of aromatic nitrogens is 2. The number of pyridine rings is 1. The Labute approximate surface area is 112 Å². The molecular formula is C12H9ClN2O2S. The zero-order valence-electron chi connectivity index (χ0n) is 9.26. The third kappa shape index (κ3) is 2.00. The van der Waals surface area contributed by atoms with Crippen LogP contribution in [0.5, 0.6) is 0 Å². The molecule has 0 unspecified atom stereocenters. The van der Waals surface area contributed by atoms with E-state index in [1.807, 2.05) is 0 Å². The van der Waals surface area contributed by atoms with Crippen molar-refractivity contribution in [3.8, 4) is 10.7 Å². The van der Waals surface area contributed by atoms with Crippen LogP contribution in [0.2, 0.25) is 5.02 Å². The minimum absolute atomic E-state index is 0.295. The number of carboxylic acids is 1. The van der Waals surface area contributed by atoms with Gasteiger partial charge in [-0.2, -0.15) is 0 Å². The van der Waals surface area contributed by atoms with Crippen LogP contribution in [0.4, 0.5) is 0 Å². The smallest absolute Gasteiger partial charge is 0.347 e. The number of carboxylic acid groups (broad SMARTS) is 1. The number of thiazole rings is 1. The van der Waals surface area contributed by atoms with Gasteiger partial charge in [-0.15, -0.1) is 11.3 Å². The molecule has 1 saturated carbocycles. The first-order valence-corrected chi connectivity index (χ1v) is 6.71. The number of halogens is 1. The van der Waals surface area contributed by atoms with Gasteiger partial charge in [0.1, 0.15) is 15.6 Å². The largest absolute Gasteiger partial charge is 0.477 e. The normalized spacial score (nSPS) is 14.7. The lowest BCUT2D eigenvalue weighted by Crippen LogP contribution is -1.97. The fourth-order valence-electron chi connectivity index (χ4n) is 1.76. The van der Waals surface area contributed by atoms with E-state index in [0.29, 0.717) is 32.2 Å². The highest BCUT2D eigenvalue weighted by Crippen LogP contribution is 2.44. The second kappa shape index (κ2) is 4.33. The summed E-state index contributed by atoms with van der Waals surface area (Å²) in [5.74, 6) is -0.628. The molecule has 6 heteroatoms. The van der Waals surface area contributed by atoms with Gasteiger partial charge in [0.25, 0.3) is 0 Å². The van der Waals surface area contributed by atoms with Crippen molar-refractivity contribution in [2.24, 2.45) is 0 Å². The highest BCUT2D eigenvalue weighted by atomic mass is 35.5. The van der Waals surface area contributed by atoms with Crippen molar-refractivity contribution >= 4 is 28.9 Å². The molecule has 2 heterocycles. The summed E-state index contributed by atoms with van der Waals surface area (Å²) in [6, 6.07) is 3.46. The van der Waals surface area contributed by atoms with Gasteiger partial charge in [0.2, 0.25) is 0 Å². The van der Waals surface area contributed by atoms with E-state index in [-0.39, 0.29) is 0 Å². The highest BCUT2D eigenvalue weighted by molar-refractivity contribution is 7.17. The Balaban J connectivity index is 2.11. The van der Waals surface area contributed by atoms with Crippen LogP contribution in [-0.4, -0.2) is 21.0 Å². The fourth-order valence-corrected chi connectivity index (χ4v) is 3.03. The monoisotopic (exact) mass is 280 g/mol. The van der Waals surface area contributed by atoms with Gasteiger partial charge in [-0.3, -0.25) is 4.98 Å². The van der Waals surface area contributed by atoms with Crippen LogP contribution in [0.25, 0.3) is 10.7 Å². The molecule has 0 aliphatic heterocycles. The van der Waals surface area contributed by atoms with Crippen LogP contribution in [0.15, 0.2) is 18.3 Å². The molecule has 0 bridgehead atoms. The van der Waals surface area contributed by atoms with E-state index >= 15 is 0 Å². The second-order valence-electron chi connectivity index (χ2n) is 4.15. The van der Waals surface area contributed by atoms with E-state index in [1.165, 1.54) is 0 Å². The van der Waals surface area contributed by atoms with E-state index in [2.05, 4.69) is 9.97 Å². The highest BCUT2D eigenvalue weighted by Gasteiger charge is 2.32. The number of rotatable bonds is 3. The van der Waals surface area contributed by atoms with E-state index in [0.717, 1.165) is 24.2 Å². The fraction of sp³-hybridized carbons (Fsp3) is 0.250. The van der Waals surface area contributed by atoms with Crippen LogP contribution >= 0.6 is 22.9 Å². The Bertz CT molecular complexity index is 622. The lowest BCUT2D eigenvalue weighted by Gasteiger charge is -1.96. The van der Waals surface area contributed by atoms with Gasteiger partial charge in [0.15, 0.2) is 0 Å². The Kier molecular flexibility index (Phi) is 2.80. The van der Waals surface area contributed by atoms with Crippen LogP contribution in [0, 0.1) is 0 Å². The SMILES string of the molecule is O=C(O)c1sc(-c2ncccc2Cl)nc1C1CC1. The quantitative estimate of drug-likeness (QED) is 0.935. The Morgan fingerprint density at radius 2 is 2.28 bits per heavy atom. The standard InChI is InChI=1S/C12H9ClN2O2S/c13-7-2-1-5-14-9(7)11-15-8(6-3-4-6)10(18-11)12(16)17/h1-2,5-6H,3-4H2,(H,16,17). The average molecular weight is 281 g/mol. The predicted octanol–water partition coefficient (Wildman–Crippen LogP) is 3.43. The first kappa shape index (κ1) is 11.6. The summed E-state index contributed by atoms with van der Waals surface area (Å²) in [4.78, 5) is 20.1. The van der Waals surface area contributed by atoms with Gasteiger partial charge in [-0.1, -0.05) is 11.6 Å². The maximum Gasteiger partial charge on any atom is 0.347 e. The molecule has 2 aromatic heterocycles. The van der Waals surface area contributed by atoms with E-state index in [9.17, 15) is 9.90 Å². The summed E-state index contributed by atoms with van der Waals surface area (Å²) in [6.45, 7) is 0. The summed E-state index contributed by atoms with van der Waals surface area (Å²) in [5, 5.41) is 10.3. The zero-order chi connectivity index (χ0) is 12.7. The molecule has 3 rings (SSSR count). The number of aromatic carboxylic acids is 1. The Hall–Kier alpha value is -1.46. The lowest BCUT2D eigenvalue weighted by molar-refractivity contribution is 0.0700. The van der Waals surface area contributed by atoms with Gasteiger partial charge in [-0.25, -0.2) is 9.78 Å². The molecule has 0 saturated heterocycles. The van der Waals surface area contributed by atoms with Crippen molar-refractivity contribution in [1.29, 1.82) is 0 Å². The van der Waals surface area contributed by atoms with Crippen molar-refractivity contribution in [1.82, 2.24) is 9.97 Å². The average Bonchev–Trinajstić information content (AvgIpc) is 3.09. The lowest BCUT2D eigenvalue weighted by atomic mass is 10.2. The van der Waals surface area contributed by atoms with Crippen molar-refractivity contribution in [3.63, 3.8) is 0 Å². The van der Waals surface area contributed by atoms with E-state index < -0.39 is 5.97 Å². The van der Waals surface area contributed by atoms with Gasteiger partial charge < -0.3 is 5.11 Å². The van der Waals surface area contributed by atoms with Gasteiger partial charge in [0, 0.05) is 12.1 Å². The molecule has 4 nitrogen and oxygen atoms in total. The first-order chi connectivity index (χ1) is 8.66. The molecule has 2 aromatic rings. The Morgan fingerprint density at radius 1 is 1.50 bits per heavy atom. The van der Waals surface area contributed by atoms with Crippen molar-refractivity contribution in [2.45, 2.75) is 18.8 Å². The molecular weight excluding hydrogens is 272 g/mol. The number of carbonyl (C=O) groups is 1.